The third-order valence-corrected chi connectivity index (χ3v) is 8.43. The number of nitrogens with one attached hydrogen (secondary N) is 2. The molecular weight excluding hydrogens is 516 g/mol. The monoisotopic (exact) mass is 562 g/mol. The topological polar surface area (TPSA) is 99.2 Å². The molecule has 3 heterocycles. The number of carbonyl (C=O) groups is 2. The summed E-state index contributed by atoms with van der Waals surface area (Å²) in [5.41, 5.74) is 2.90. The van der Waals surface area contributed by atoms with Crippen LogP contribution in [0.15, 0.2) is 47.7 Å². The van der Waals surface area contributed by atoms with E-state index in [4.69, 9.17) is 4.74 Å². The van der Waals surface area contributed by atoms with Crippen molar-refractivity contribution in [1.82, 2.24) is 20.2 Å². The second-order valence-electron chi connectivity index (χ2n) is 13.7. The van der Waals surface area contributed by atoms with Gasteiger partial charge in [-0.2, -0.15) is 5.10 Å². The molecule has 1 unspecified atom stereocenters. The molecule has 4 rings (SSSR count). The third kappa shape index (κ3) is 7.44. The molecule has 2 aliphatic heterocycles. The van der Waals surface area contributed by atoms with Crippen LogP contribution in [0.2, 0.25) is 0 Å². The predicted octanol–water partition coefficient (Wildman–Crippen LogP) is 5.09. The molecule has 2 aromatic rings. The van der Waals surface area contributed by atoms with E-state index in [1.165, 1.54) is 0 Å². The highest BCUT2D eigenvalue weighted by molar-refractivity contribution is 6.02. The second-order valence-corrected chi connectivity index (χ2v) is 13.7. The number of hydrogen-bond donors (Lipinski definition) is 2. The number of pyridine rings is 1. The highest BCUT2D eigenvalue weighted by atomic mass is 16.5. The number of nitrogens with zero attached hydrogens (tertiary/aromatic N) is 4. The molecule has 1 aromatic heterocycles. The SMILES string of the molecule is CN1N=C(C(C)(C)C)CC1NC(=O)Cc1ccc(NC(=O)c2ccc(OC3CC(C)(C)N(C)C(C)(C)C3)cn2)cc1. The van der Waals surface area contributed by atoms with Gasteiger partial charge in [0.15, 0.2) is 0 Å². The molecule has 0 aliphatic carbocycles. The largest absolute Gasteiger partial charge is 0.489 e. The molecule has 0 bridgehead atoms. The number of ether oxygens (including phenoxy) is 1. The molecule has 2 aliphatic rings. The normalized spacial score (nSPS) is 20.9. The minimum absolute atomic E-state index is 0.0246. The van der Waals surface area contributed by atoms with E-state index in [1.54, 1.807) is 30.5 Å². The predicted molar refractivity (Wildman–Crippen MR) is 163 cm³/mol. The van der Waals surface area contributed by atoms with Crippen LogP contribution in [-0.2, 0) is 11.2 Å². The molecule has 0 spiro atoms. The number of hydrogen-bond acceptors (Lipinski definition) is 7. The lowest BCUT2D eigenvalue weighted by atomic mass is 9.79. The highest BCUT2D eigenvalue weighted by Gasteiger charge is 2.44. The molecule has 9 nitrogen and oxygen atoms in total. The number of hydrazone groups is 1. The van der Waals surface area contributed by atoms with Crippen molar-refractivity contribution < 1.29 is 14.3 Å². The molecule has 9 heteroatoms. The van der Waals surface area contributed by atoms with Crippen LogP contribution >= 0.6 is 0 Å². The second kappa shape index (κ2) is 11.4. The van der Waals surface area contributed by atoms with Crippen molar-refractivity contribution in [2.75, 3.05) is 19.4 Å². The van der Waals surface area contributed by atoms with Crippen molar-refractivity contribution >= 4 is 23.2 Å². The molecule has 1 fully saturated rings. The highest BCUT2D eigenvalue weighted by Crippen LogP contribution is 2.38. The summed E-state index contributed by atoms with van der Waals surface area (Å²) in [4.78, 5) is 32.2. The quantitative estimate of drug-likeness (QED) is 0.488. The maximum atomic E-state index is 12.8. The van der Waals surface area contributed by atoms with Crippen LogP contribution in [0.4, 0.5) is 5.69 Å². The van der Waals surface area contributed by atoms with Crippen LogP contribution in [0, 0.1) is 5.41 Å². The van der Waals surface area contributed by atoms with Gasteiger partial charge >= 0.3 is 0 Å². The fourth-order valence-electron chi connectivity index (χ4n) is 5.68. The van der Waals surface area contributed by atoms with Crippen LogP contribution in [0.1, 0.15) is 83.8 Å². The van der Waals surface area contributed by atoms with E-state index in [2.05, 4.69) is 81.1 Å². The Labute approximate surface area is 244 Å². The standard InChI is InChI=1S/C32H46N6O3/c1-30(2,3)26-17-27(37(8)36-26)35-28(39)16-21-10-12-22(13-11-21)34-29(40)25-15-14-23(20-33-25)41-24-18-31(4,5)38(9)32(6,7)19-24/h10-15,20,24,27H,16-19H2,1-9H3,(H,34,40)(H,35,39). The first-order chi connectivity index (χ1) is 19.0. The first kappa shape index (κ1) is 30.5. The first-order valence-corrected chi connectivity index (χ1v) is 14.4. The Hall–Kier alpha value is -3.46. The van der Waals surface area contributed by atoms with Crippen molar-refractivity contribution in [2.45, 2.75) is 97.5 Å². The zero-order valence-electron chi connectivity index (χ0n) is 26.0. The van der Waals surface area contributed by atoms with Crippen LogP contribution in [-0.4, -0.2) is 69.9 Å². The summed E-state index contributed by atoms with van der Waals surface area (Å²) in [5, 5.41) is 12.4. The Morgan fingerprint density at radius 3 is 2.17 bits per heavy atom. The molecule has 1 saturated heterocycles. The van der Waals surface area contributed by atoms with E-state index in [-0.39, 0.29) is 47.0 Å². The minimum atomic E-state index is -0.303. The summed E-state index contributed by atoms with van der Waals surface area (Å²) in [5.74, 6) is 0.292. The number of rotatable bonds is 7. The zero-order chi connectivity index (χ0) is 30.2. The Bertz CT molecular complexity index is 1260. The summed E-state index contributed by atoms with van der Waals surface area (Å²) in [6.07, 6.45) is 4.35. The molecule has 0 saturated carbocycles. The number of aromatic nitrogens is 1. The molecule has 0 radical (unpaired) electrons. The van der Waals surface area contributed by atoms with Gasteiger partial charge in [0.05, 0.1) is 12.6 Å². The number of benzene rings is 1. The van der Waals surface area contributed by atoms with E-state index >= 15 is 0 Å². The number of amides is 2. The van der Waals surface area contributed by atoms with Crippen molar-refractivity contribution in [1.29, 1.82) is 0 Å². The van der Waals surface area contributed by atoms with Crippen molar-refractivity contribution in [3.63, 3.8) is 0 Å². The summed E-state index contributed by atoms with van der Waals surface area (Å²) >= 11 is 0. The van der Waals surface area contributed by atoms with Crippen LogP contribution in [0.5, 0.6) is 5.75 Å². The van der Waals surface area contributed by atoms with E-state index < -0.39 is 0 Å². The Balaban J connectivity index is 1.27. The minimum Gasteiger partial charge on any atom is -0.489 e. The van der Waals surface area contributed by atoms with Gasteiger partial charge in [0.2, 0.25) is 5.91 Å². The lowest BCUT2D eigenvalue weighted by molar-refractivity contribution is -0.122. The van der Waals surface area contributed by atoms with Crippen molar-refractivity contribution in [2.24, 2.45) is 10.5 Å². The summed E-state index contributed by atoms with van der Waals surface area (Å²) in [6, 6.07) is 10.8. The molecule has 2 amide bonds. The van der Waals surface area contributed by atoms with Gasteiger partial charge in [0, 0.05) is 54.2 Å². The smallest absolute Gasteiger partial charge is 0.274 e. The summed E-state index contributed by atoms with van der Waals surface area (Å²) in [7, 11) is 4.05. The van der Waals surface area contributed by atoms with E-state index in [0.29, 0.717) is 23.6 Å². The molecule has 41 heavy (non-hydrogen) atoms. The molecule has 2 N–H and O–H groups in total. The maximum Gasteiger partial charge on any atom is 0.274 e. The van der Waals surface area contributed by atoms with Crippen LogP contribution < -0.4 is 15.4 Å². The van der Waals surface area contributed by atoms with Gasteiger partial charge in [-0.05, 0) is 64.6 Å². The Kier molecular flexibility index (Phi) is 8.50. The van der Waals surface area contributed by atoms with Crippen molar-refractivity contribution in [3.8, 4) is 5.75 Å². The summed E-state index contributed by atoms with van der Waals surface area (Å²) in [6.45, 7) is 15.3. The molecule has 1 aromatic carbocycles. The number of piperidine rings is 1. The third-order valence-electron chi connectivity index (χ3n) is 8.43. The van der Waals surface area contributed by atoms with Gasteiger partial charge in [-0.15, -0.1) is 0 Å². The Morgan fingerprint density at radius 1 is 1.00 bits per heavy atom. The average molecular weight is 563 g/mol. The van der Waals surface area contributed by atoms with Gasteiger partial charge < -0.3 is 15.4 Å². The zero-order valence-corrected chi connectivity index (χ0v) is 26.0. The van der Waals surface area contributed by atoms with Gasteiger partial charge in [-0.3, -0.25) is 19.5 Å². The fourth-order valence-corrected chi connectivity index (χ4v) is 5.68. The van der Waals surface area contributed by atoms with E-state index in [0.717, 1.165) is 24.1 Å². The average Bonchev–Trinajstić information content (AvgIpc) is 3.24. The number of likely N-dealkylation sites (tertiary alicyclic amines) is 1. The van der Waals surface area contributed by atoms with Gasteiger partial charge in [-0.25, -0.2) is 4.98 Å². The van der Waals surface area contributed by atoms with E-state index in [9.17, 15) is 9.59 Å². The van der Waals surface area contributed by atoms with Crippen LogP contribution in [0.25, 0.3) is 0 Å². The fraction of sp³-hybridized carbons (Fsp3) is 0.562. The van der Waals surface area contributed by atoms with E-state index in [1.807, 2.05) is 24.2 Å². The summed E-state index contributed by atoms with van der Waals surface area (Å²) < 4.78 is 6.28. The molecule has 1 atom stereocenters. The van der Waals surface area contributed by atoms with Crippen LogP contribution in [0.3, 0.4) is 0 Å². The van der Waals surface area contributed by atoms with Gasteiger partial charge in [0.25, 0.3) is 5.91 Å². The van der Waals surface area contributed by atoms with Gasteiger partial charge in [0.1, 0.15) is 23.7 Å². The molecule has 222 valence electrons. The Morgan fingerprint density at radius 2 is 1.63 bits per heavy atom. The number of carbonyl (C=O) groups excluding carboxylic acids is 2. The molecular formula is C32H46N6O3. The van der Waals surface area contributed by atoms with Gasteiger partial charge in [-0.1, -0.05) is 32.9 Å². The lowest BCUT2D eigenvalue weighted by Gasteiger charge is -2.53. The number of anilines is 1. The first-order valence-electron chi connectivity index (χ1n) is 14.4. The van der Waals surface area contributed by atoms with Crippen molar-refractivity contribution in [3.05, 3.63) is 53.9 Å². The maximum absolute atomic E-state index is 12.8. The lowest BCUT2D eigenvalue weighted by Crippen LogP contribution is -2.60.